The molecule has 0 saturated heterocycles. The third-order valence-corrected chi connectivity index (χ3v) is 14.5. The maximum atomic E-state index is 16.2. The fourth-order valence-electron chi connectivity index (χ4n) is 6.98. The fraction of sp³-hybridized carbons (Fsp3) is 0.548. The lowest BCUT2D eigenvalue weighted by atomic mass is 9.85. The van der Waals surface area contributed by atoms with E-state index in [1.54, 1.807) is 13.8 Å². The van der Waals surface area contributed by atoms with Crippen molar-refractivity contribution >= 4 is 16.3 Å². The molecule has 0 radical (unpaired) electrons. The van der Waals surface area contributed by atoms with E-state index in [4.69, 9.17) is 4.18 Å². The molecule has 0 saturated carbocycles. The quantitative estimate of drug-likeness (QED) is 0.105. The molecule has 26 heteroatoms. The molecular formula is C42H39F23O2S. The Morgan fingerprint density at radius 3 is 0.912 bits per heavy atom. The summed E-state index contributed by atoms with van der Waals surface area (Å²) in [5.74, 6) is -94.6. The van der Waals surface area contributed by atoms with Crippen molar-refractivity contribution in [3.05, 3.63) is 88.0 Å². The van der Waals surface area contributed by atoms with Crippen LogP contribution >= 0.6 is 10.3 Å². The van der Waals surface area contributed by atoms with Crippen molar-refractivity contribution in [2.24, 2.45) is 0 Å². The zero-order valence-corrected chi connectivity index (χ0v) is 36.7. The molecule has 386 valence electrons. The predicted octanol–water partition coefficient (Wildman–Crippen LogP) is 15.7. The van der Waals surface area contributed by atoms with Gasteiger partial charge in [-0.1, -0.05) is 84.0 Å². The highest BCUT2D eigenvalue weighted by atomic mass is 32.3. The summed E-state index contributed by atoms with van der Waals surface area (Å²) in [5, 5.41) is 0. The molecular weight excluding hydrogens is 1010 g/mol. The number of aryl methyl sites for hydroxylation is 6. The Balaban J connectivity index is 2.49. The van der Waals surface area contributed by atoms with Gasteiger partial charge in [0, 0.05) is 14.7 Å². The van der Waals surface area contributed by atoms with Crippen molar-refractivity contribution in [1.82, 2.24) is 0 Å². The molecule has 68 heavy (non-hydrogen) atoms. The van der Waals surface area contributed by atoms with Gasteiger partial charge in [-0.2, -0.15) is 101 Å². The zero-order valence-electron chi connectivity index (χ0n) is 35.9. The summed E-state index contributed by atoms with van der Waals surface area (Å²) in [5.41, 5.74) is 1.51. The Labute approximate surface area is 374 Å². The summed E-state index contributed by atoms with van der Waals surface area (Å²) in [6.07, 6.45) is -8.10. The number of carbonyl (C=O) groups is 1. The molecule has 0 heterocycles. The standard InChI is InChI=1S/C42H39F23O2S/c1-7-22-18-24(9-3)29(25(10-4)19-22)68(28-16-14-13-15-17-28,30-26(11-5)20-23(8-2)21-27(30)12-6)67-31(66)32(43,44)33(45,46)34(47,48)35(49,50)36(51,52)37(53,54)38(55,56)39(57,58)40(59,60)41(61,62)42(63,64)65/h13-21H,7-12H2,1-6H3. The van der Waals surface area contributed by atoms with Crippen LogP contribution in [-0.4, -0.2) is 71.4 Å². The number of alkyl halides is 23. The third kappa shape index (κ3) is 8.23. The minimum atomic E-state index is -9.57. The molecule has 0 aliphatic rings. The first kappa shape index (κ1) is 58.2. The number of carbonyl (C=O) groups excluding carboxylic acids is 1. The van der Waals surface area contributed by atoms with Crippen molar-refractivity contribution in [3.8, 4) is 0 Å². The van der Waals surface area contributed by atoms with E-state index in [2.05, 4.69) is 0 Å². The van der Waals surface area contributed by atoms with Crippen LogP contribution in [0.5, 0.6) is 0 Å². The summed E-state index contributed by atoms with van der Waals surface area (Å²) >= 11 is 0. The average Bonchev–Trinajstić information content (AvgIpc) is 3.26. The van der Waals surface area contributed by atoms with Gasteiger partial charge in [-0.05, 0) is 94.3 Å². The van der Waals surface area contributed by atoms with Crippen LogP contribution in [-0.2, 0) is 47.5 Å². The van der Waals surface area contributed by atoms with E-state index in [9.17, 15) is 70.7 Å². The van der Waals surface area contributed by atoms with Gasteiger partial charge < -0.3 is 4.18 Å². The van der Waals surface area contributed by atoms with Gasteiger partial charge in [-0.3, -0.25) is 0 Å². The fourth-order valence-corrected chi connectivity index (χ4v) is 11.1. The molecule has 0 fully saturated rings. The summed E-state index contributed by atoms with van der Waals surface area (Å²) in [6, 6.07) is 11.6. The smallest absolute Gasteiger partial charge is 0.397 e. The van der Waals surface area contributed by atoms with Gasteiger partial charge in [0.1, 0.15) is 0 Å². The highest BCUT2D eigenvalue weighted by Crippen LogP contribution is 2.74. The zero-order chi connectivity index (χ0) is 53.1. The predicted molar refractivity (Wildman–Crippen MR) is 200 cm³/mol. The van der Waals surface area contributed by atoms with E-state index in [0.29, 0.717) is 11.1 Å². The molecule has 0 aliphatic heterocycles. The molecule has 0 atom stereocenters. The number of hydrogen-bond donors (Lipinski definition) is 0. The van der Waals surface area contributed by atoms with E-state index < -0.39 is 81.7 Å². The van der Waals surface area contributed by atoms with Crippen LogP contribution in [0.25, 0.3) is 0 Å². The maximum Gasteiger partial charge on any atom is 0.460 e. The van der Waals surface area contributed by atoms with Gasteiger partial charge in [-0.15, -0.1) is 0 Å². The van der Waals surface area contributed by atoms with Gasteiger partial charge in [-0.25, -0.2) is 4.79 Å². The third-order valence-electron chi connectivity index (χ3n) is 11.0. The Hall–Kier alpha value is -4.13. The molecule has 0 spiro atoms. The molecule has 0 aromatic heterocycles. The second kappa shape index (κ2) is 18.6. The molecule has 3 rings (SSSR count). The SMILES string of the molecule is CCc1cc(CC)c(S(OC(=O)C(F)(F)C(F)(F)C(F)(F)C(F)(F)C(F)(F)C(F)(F)C(F)(F)C(F)(F)C(F)(F)C(F)(F)C(F)(F)F)(c2ccccc2)c2c(CC)cc(CC)cc2CC)c(CC)c1. The lowest BCUT2D eigenvalue weighted by Gasteiger charge is -2.46. The van der Waals surface area contributed by atoms with Gasteiger partial charge in [0.25, 0.3) is 0 Å². The first-order valence-corrected chi connectivity index (χ1v) is 21.4. The molecule has 0 amide bonds. The summed E-state index contributed by atoms with van der Waals surface area (Å²) < 4.78 is 337. The molecule has 0 aliphatic carbocycles. The first-order chi connectivity index (χ1) is 30.6. The van der Waals surface area contributed by atoms with Gasteiger partial charge >= 0.3 is 71.4 Å². The largest absolute Gasteiger partial charge is 0.460 e. The maximum absolute atomic E-state index is 16.2. The van der Waals surface area contributed by atoms with Crippen LogP contribution in [0.4, 0.5) is 101 Å². The Morgan fingerprint density at radius 1 is 0.397 bits per heavy atom. The summed E-state index contributed by atoms with van der Waals surface area (Å²) in [7, 11) is -4.56. The minimum Gasteiger partial charge on any atom is -0.397 e. The lowest BCUT2D eigenvalue weighted by Crippen LogP contribution is -2.78. The molecule has 0 N–H and O–H groups in total. The van der Waals surface area contributed by atoms with Crippen LogP contribution in [0.2, 0.25) is 0 Å². The van der Waals surface area contributed by atoms with Crippen LogP contribution in [0.3, 0.4) is 0 Å². The molecule has 0 unspecified atom stereocenters. The van der Waals surface area contributed by atoms with Crippen LogP contribution < -0.4 is 0 Å². The average molecular weight is 1040 g/mol. The van der Waals surface area contributed by atoms with E-state index in [-0.39, 0.29) is 75.5 Å². The summed E-state index contributed by atoms with van der Waals surface area (Å²) in [6.45, 7) is 9.21. The molecule has 3 aromatic rings. The Bertz CT molecular complexity index is 2170. The summed E-state index contributed by atoms with van der Waals surface area (Å²) in [4.78, 5) is 13.0. The van der Waals surface area contributed by atoms with Crippen molar-refractivity contribution in [3.63, 3.8) is 0 Å². The number of halogens is 23. The highest BCUT2D eigenvalue weighted by molar-refractivity contribution is 8.30. The van der Waals surface area contributed by atoms with Crippen molar-refractivity contribution < 1.29 is 110 Å². The van der Waals surface area contributed by atoms with Gasteiger partial charge in [0.2, 0.25) is 0 Å². The van der Waals surface area contributed by atoms with E-state index in [1.807, 2.05) is 0 Å². The second-order valence-corrected chi connectivity index (χ2v) is 17.7. The van der Waals surface area contributed by atoms with Crippen LogP contribution in [0, 0.1) is 0 Å². The number of hydrogen-bond acceptors (Lipinski definition) is 2. The molecule has 2 nitrogen and oxygen atoms in total. The lowest BCUT2D eigenvalue weighted by molar-refractivity contribution is -0.477. The molecule has 3 aromatic carbocycles. The van der Waals surface area contributed by atoms with Crippen LogP contribution in [0.15, 0.2) is 69.3 Å². The Kier molecular flexibility index (Phi) is 15.9. The van der Waals surface area contributed by atoms with Crippen molar-refractivity contribution in [2.45, 2.75) is 160 Å². The van der Waals surface area contributed by atoms with E-state index in [0.717, 1.165) is 12.1 Å². The number of benzene rings is 3. The second-order valence-electron chi connectivity index (χ2n) is 15.1. The number of rotatable bonds is 20. The normalized spacial score (nSPS) is 14.9. The Morgan fingerprint density at radius 2 is 0.662 bits per heavy atom. The highest BCUT2D eigenvalue weighted by Gasteiger charge is 2.99. The minimum absolute atomic E-state index is 0.113. The first-order valence-electron chi connectivity index (χ1n) is 19.9. The topological polar surface area (TPSA) is 26.3 Å². The van der Waals surface area contributed by atoms with Gasteiger partial charge in [0.05, 0.1) is 0 Å². The van der Waals surface area contributed by atoms with Gasteiger partial charge in [0.15, 0.2) is 0 Å². The molecule has 0 bridgehead atoms. The van der Waals surface area contributed by atoms with Crippen molar-refractivity contribution in [2.75, 3.05) is 0 Å². The van der Waals surface area contributed by atoms with Crippen molar-refractivity contribution in [1.29, 1.82) is 0 Å². The van der Waals surface area contributed by atoms with E-state index >= 15 is 35.1 Å². The van der Waals surface area contributed by atoms with E-state index in [1.165, 1.54) is 70.2 Å². The monoisotopic (exact) mass is 1040 g/mol. The van der Waals surface area contributed by atoms with Crippen LogP contribution in [0.1, 0.15) is 74.9 Å².